The van der Waals surface area contributed by atoms with Crippen molar-refractivity contribution in [3.05, 3.63) is 0 Å². The Kier molecular flexibility index (Phi) is 36.9. The Labute approximate surface area is 173 Å². The van der Waals surface area contributed by atoms with Crippen molar-refractivity contribution >= 4 is 47.0 Å². The van der Waals surface area contributed by atoms with Gasteiger partial charge < -0.3 is 39.6 Å². The first-order valence-corrected chi connectivity index (χ1v) is 6.17. The second kappa shape index (κ2) is 26.0. The minimum atomic E-state index is -1.63. The van der Waals surface area contributed by atoms with Gasteiger partial charge in [-0.2, -0.15) is 5.26 Å². The monoisotopic (exact) mass is 437 g/mol. The zero-order chi connectivity index (χ0) is 23.3. The number of aliphatic carboxylic acids is 4. The number of rotatable bonds is 4. The number of carboxylic acids is 4. The van der Waals surface area contributed by atoms with Crippen LogP contribution in [0.3, 0.4) is 0 Å². The Morgan fingerprint density at radius 3 is 0.571 bits per heavy atom. The van der Waals surface area contributed by atoms with Crippen LogP contribution >= 0.6 is 0 Å². The molecule has 0 unspecified atom stereocenters. The van der Waals surface area contributed by atoms with Gasteiger partial charge in [0.25, 0.3) is 0 Å². The van der Waals surface area contributed by atoms with E-state index in [-0.39, 0.29) is 21.7 Å². The Morgan fingerprint density at radius 1 is 0.536 bits per heavy atom. The molecule has 0 amide bonds. The average molecular weight is 437 g/mol. The normalized spacial score (nSPS) is 6.71. The first-order chi connectivity index (χ1) is 12.0. The molecule has 0 rings (SSSR count). The van der Waals surface area contributed by atoms with Crippen LogP contribution in [0.15, 0.2) is 0 Å². The molecule has 0 aromatic heterocycles. The van der Waals surface area contributed by atoms with E-state index >= 15 is 0 Å². The van der Waals surface area contributed by atoms with Gasteiger partial charge in [-0.25, -0.2) is 0 Å². The predicted molar refractivity (Wildman–Crippen MR) is 74.0 cm³/mol. The molecule has 14 heteroatoms. The van der Waals surface area contributed by atoms with Crippen molar-refractivity contribution in [1.82, 2.24) is 0 Å². The minimum Gasteiger partial charge on any atom is -0.542 e. The molecule has 0 bridgehead atoms. The van der Waals surface area contributed by atoms with Gasteiger partial charge in [0, 0.05) is 34.6 Å². The number of ketones is 4. The molecule has 0 heterocycles. The van der Waals surface area contributed by atoms with Crippen molar-refractivity contribution in [2.45, 2.75) is 34.6 Å². The summed E-state index contributed by atoms with van der Waals surface area (Å²) in [5.41, 5.74) is 0. The van der Waals surface area contributed by atoms with Gasteiger partial charge in [0.05, 0.1) is 6.07 Å². The van der Waals surface area contributed by atoms with Gasteiger partial charge in [-0.1, -0.05) is 0 Å². The third-order valence-electron chi connectivity index (χ3n) is 1.15. The second-order valence-electron chi connectivity index (χ2n) is 3.60. The fraction of sp³-hybridized carbons (Fsp3) is 0.357. The van der Waals surface area contributed by atoms with Crippen LogP contribution in [-0.2, 0) is 60.1 Å². The molecule has 13 nitrogen and oxygen atoms in total. The van der Waals surface area contributed by atoms with Crippen molar-refractivity contribution in [2.24, 2.45) is 0 Å². The van der Waals surface area contributed by atoms with Crippen LogP contribution in [0.2, 0.25) is 0 Å². The largest absolute Gasteiger partial charge is 4.00 e. The molecule has 0 fully saturated rings. The minimum absolute atomic E-state index is 0. The smallest absolute Gasteiger partial charge is 0.542 e. The molecule has 0 aromatic carbocycles. The SMILES string of the molecule is CC#N.CC(=O)C(=O)[O-].CC(=O)C(=O)[O-].CC(=O)C(=O)[O-].CC(=O)C(=O)[O-].[Ti+4]. The zero-order valence-electron chi connectivity index (χ0n) is 15.3. The topological polar surface area (TPSA) is 253 Å². The summed E-state index contributed by atoms with van der Waals surface area (Å²) >= 11 is 0. The van der Waals surface area contributed by atoms with Crippen LogP contribution in [0, 0.1) is 11.3 Å². The van der Waals surface area contributed by atoms with E-state index in [0.717, 1.165) is 27.7 Å². The number of Topliss-reactive ketones (excluding diaryl/α,β-unsaturated/α-hetero) is 4. The number of carbonyl (C=O) groups excluding carboxylic acids is 8. The number of hydrogen-bond acceptors (Lipinski definition) is 13. The molecule has 0 saturated heterocycles. The van der Waals surface area contributed by atoms with Gasteiger partial charge in [0.2, 0.25) is 0 Å². The number of nitriles is 1. The van der Waals surface area contributed by atoms with E-state index in [1.54, 1.807) is 6.07 Å². The molecule has 152 valence electrons. The fourth-order valence-electron chi connectivity index (χ4n) is 0. The predicted octanol–water partition coefficient (Wildman–Crippen LogP) is -6.17. The van der Waals surface area contributed by atoms with E-state index in [4.69, 9.17) is 5.26 Å². The number of hydrogen-bond donors (Lipinski definition) is 0. The molecule has 0 radical (unpaired) electrons. The summed E-state index contributed by atoms with van der Waals surface area (Å²) in [5.74, 6) is -10.3. The van der Waals surface area contributed by atoms with E-state index in [9.17, 15) is 58.8 Å². The Hall–Kier alpha value is -3.24. The molecule has 0 saturated carbocycles. The standard InChI is InChI=1S/4C3H4O3.C2H3N.Ti/c4*1-2(4)3(5)6;1-2-3;/h4*1H3,(H,5,6);1H3;/q;;;;;+4/p-4. The van der Waals surface area contributed by atoms with E-state index in [1.165, 1.54) is 6.92 Å². The number of carboxylic acid groups (broad SMARTS) is 4. The molecule has 0 aromatic rings. The second-order valence-corrected chi connectivity index (χ2v) is 3.60. The summed E-state index contributed by atoms with van der Waals surface area (Å²) in [7, 11) is 0. The average Bonchev–Trinajstić information content (AvgIpc) is 2.49. The van der Waals surface area contributed by atoms with Crippen molar-refractivity contribution in [1.29, 1.82) is 5.26 Å². The van der Waals surface area contributed by atoms with Crippen LogP contribution in [0.1, 0.15) is 34.6 Å². The van der Waals surface area contributed by atoms with Crippen LogP contribution in [0.25, 0.3) is 0 Å². The first kappa shape index (κ1) is 39.7. The molecule has 0 atom stereocenters. The first-order valence-electron chi connectivity index (χ1n) is 6.17. The quantitative estimate of drug-likeness (QED) is 0.293. The Balaban J connectivity index is -0.0000000544. The summed E-state index contributed by atoms with van der Waals surface area (Å²) in [6, 6.07) is 1.75. The van der Waals surface area contributed by atoms with E-state index in [0.29, 0.717) is 0 Å². The zero-order valence-corrected chi connectivity index (χ0v) is 16.9. The van der Waals surface area contributed by atoms with E-state index in [1.807, 2.05) is 0 Å². The van der Waals surface area contributed by atoms with Crippen LogP contribution in [0.5, 0.6) is 0 Å². The van der Waals surface area contributed by atoms with Gasteiger partial charge in [0.15, 0.2) is 23.1 Å². The maximum atomic E-state index is 9.48. The molecular formula is C14H15NO12Ti. The van der Waals surface area contributed by atoms with E-state index < -0.39 is 47.0 Å². The third-order valence-corrected chi connectivity index (χ3v) is 1.15. The third kappa shape index (κ3) is 66.2. The number of carbonyl (C=O) groups is 8. The Bertz CT molecular complexity index is 474. The Morgan fingerprint density at radius 2 is 0.571 bits per heavy atom. The van der Waals surface area contributed by atoms with Crippen LogP contribution < -0.4 is 20.4 Å². The molecular weight excluding hydrogens is 422 g/mol. The molecule has 0 aliphatic rings. The summed E-state index contributed by atoms with van der Waals surface area (Å²) in [4.78, 5) is 74.9. The van der Waals surface area contributed by atoms with Crippen molar-refractivity contribution < 1.29 is 80.5 Å². The molecule has 0 aliphatic carbocycles. The summed E-state index contributed by atoms with van der Waals surface area (Å²) < 4.78 is 0. The molecule has 28 heavy (non-hydrogen) atoms. The maximum Gasteiger partial charge on any atom is 4.00 e. The van der Waals surface area contributed by atoms with Gasteiger partial charge in [-0.15, -0.1) is 0 Å². The van der Waals surface area contributed by atoms with Crippen LogP contribution in [0.4, 0.5) is 0 Å². The summed E-state index contributed by atoms with van der Waals surface area (Å²) in [6.07, 6.45) is 0. The van der Waals surface area contributed by atoms with Crippen molar-refractivity contribution in [3.63, 3.8) is 0 Å². The fourth-order valence-corrected chi connectivity index (χ4v) is 0. The van der Waals surface area contributed by atoms with Crippen molar-refractivity contribution in [2.75, 3.05) is 0 Å². The maximum absolute atomic E-state index is 9.48. The summed E-state index contributed by atoms with van der Waals surface area (Å²) in [5, 5.41) is 44.3. The molecule has 0 aliphatic heterocycles. The van der Waals surface area contributed by atoms with Gasteiger partial charge in [-0.05, 0) is 0 Å². The van der Waals surface area contributed by atoms with Gasteiger partial charge in [0.1, 0.15) is 23.9 Å². The summed E-state index contributed by atoms with van der Waals surface area (Å²) in [6.45, 7) is 5.19. The molecule has 0 spiro atoms. The van der Waals surface area contributed by atoms with Crippen molar-refractivity contribution in [3.8, 4) is 6.07 Å². The number of nitrogens with zero attached hydrogens (tertiary/aromatic N) is 1. The van der Waals surface area contributed by atoms with Gasteiger partial charge in [-0.3, -0.25) is 19.2 Å². The molecule has 0 N–H and O–H groups in total. The van der Waals surface area contributed by atoms with E-state index in [2.05, 4.69) is 0 Å². The van der Waals surface area contributed by atoms with Crippen LogP contribution in [-0.4, -0.2) is 47.0 Å². The van der Waals surface area contributed by atoms with Gasteiger partial charge >= 0.3 is 21.7 Å².